The first-order valence-electron chi connectivity index (χ1n) is 8.66. The molecular weight excluding hydrogens is 431 g/mol. The van der Waals surface area contributed by atoms with Crippen molar-refractivity contribution in [3.05, 3.63) is 87.9 Å². The molecule has 0 fully saturated rings. The molecule has 0 radical (unpaired) electrons. The fourth-order valence-corrected chi connectivity index (χ4v) is 4.06. The lowest BCUT2D eigenvalue weighted by Crippen LogP contribution is -2.15. The predicted octanol–water partition coefficient (Wildman–Crippen LogP) is 5.28. The molecule has 2 N–H and O–H groups in total. The minimum absolute atomic E-state index is 0.0325. The molecule has 1 amide bonds. The fourth-order valence-electron chi connectivity index (χ4n) is 2.59. The van der Waals surface area contributed by atoms with E-state index in [9.17, 15) is 13.2 Å². The van der Waals surface area contributed by atoms with Gasteiger partial charge in [0.15, 0.2) is 0 Å². The number of aryl methyl sites for hydroxylation is 1. The third kappa shape index (κ3) is 5.73. The normalized spacial score (nSPS) is 11.1. The molecule has 0 spiro atoms. The van der Waals surface area contributed by atoms with E-state index in [2.05, 4.69) is 10.0 Å². The molecule has 0 saturated carbocycles. The molecule has 3 aromatic carbocycles. The Hall–Kier alpha value is -2.54. The van der Waals surface area contributed by atoms with Crippen molar-refractivity contribution in [2.24, 2.45) is 0 Å². The van der Waals surface area contributed by atoms with Gasteiger partial charge in [0, 0.05) is 10.7 Å². The smallest absolute Gasteiger partial charge is 0.261 e. The van der Waals surface area contributed by atoms with Gasteiger partial charge in [-0.3, -0.25) is 9.52 Å². The number of carbonyl (C=O) groups is 1. The highest BCUT2D eigenvalue weighted by atomic mass is 35.5. The van der Waals surface area contributed by atoms with Crippen molar-refractivity contribution in [2.45, 2.75) is 18.2 Å². The summed E-state index contributed by atoms with van der Waals surface area (Å²) in [6.45, 7) is 1.98. The maximum Gasteiger partial charge on any atom is 0.261 e. The van der Waals surface area contributed by atoms with Crippen molar-refractivity contribution in [1.82, 2.24) is 0 Å². The average molecular weight is 449 g/mol. The van der Waals surface area contributed by atoms with Crippen molar-refractivity contribution < 1.29 is 13.2 Å². The van der Waals surface area contributed by atoms with E-state index in [1.54, 1.807) is 6.07 Å². The van der Waals surface area contributed by atoms with Gasteiger partial charge in [-0.25, -0.2) is 8.42 Å². The molecule has 0 aliphatic rings. The fraction of sp³-hybridized carbons (Fsp3) is 0.0952. The third-order valence-corrected chi connectivity index (χ3v) is 6.05. The van der Waals surface area contributed by atoms with Crippen molar-refractivity contribution in [1.29, 1.82) is 0 Å². The van der Waals surface area contributed by atoms with Crippen LogP contribution in [0.4, 0.5) is 11.4 Å². The molecule has 0 aromatic heterocycles. The van der Waals surface area contributed by atoms with Gasteiger partial charge < -0.3 is 5.32 Å². The van der Waals surface area contributed by atoms with E-state index in [-0.39, 0.29) is 27.9 Å². The van der Waals surface area contributed by atoms with Gasteiger partial charge in [-0.05, 0) is 55.0 Å². The van der Waals surface area contributed by atoms with Gasteiger partial charge in [0.1, 0.15) is 0 Å². The Morgan fingerprint density at radius 3 is 2.24 bits per heavy atom. The molecule has 3 rings (SSSR count). The number of halogens is 2. The van der Waals surface area contributed by atoms with Crippen LogP contribution in [-0.2, 0) is 21.2 Å². The second-order valence-electron chi connectivity index (χ2n) is 6.46. The number of carbonyl (C=O) groups excluding carboxylic acids is 1. The van der Waals surface area contributed by atoms with Gasteiger partial charge in [0.05, 0.1) is 22.0 Å². The maximum absolute atomic E-state index is 12.6. The van der Waals surface area contributed by atoms with Gasteiger partial charge in [-0.1, -0.05) is 53.0 Å². The highest BCUT2D eigenvalue weighted by Gasteiger charge is 2.16. The summed E-state index contributed by atoms with van der Waals surface area (Å²) in [6, 6.07) is 18.1. The Morgan fingerprint density at radius 2 is 1.59 bits per heavy atom. The molecule has 0 bridgehead atoms. The standard InChI is InChI=1S/C21H18Cl2N2O3S/c1-14-2-4-15(5-3-14)12-21(26)24-17-7-9-18(10-8-17)29(27,28)25-20-13-16(22)6-11-19(20)23/h2-11,13,25H,12H2,1H3,(H,24,26). The molecule has 5 nitrogen and oxygen atoms in total. The molecule has 0 aliphatic heterocycles. The first-order valence-corrected chi connectivity index (χ1v) is 10.9. The van der Waals surface area contributed by atoms with Crippen LogP contribution < -0.4 is 10.0 Å². The summed E-state index contributed by atoms with van der Waals surface area (Å²) in [4.78, 5) is 12.2. The highest BCUT2D eigenvalue weighted by molar-refractivity contribution is 7.92. The van der Waals surface area contributed by atoms with Gasteiger partial charge in [-0.15, -0.1) is 0 Å². The average Bonchev–Trinajstić information content (AvgIpc) is 2.67. The summed E-state index contributed by atoms with van der Waals surface area (Å²) in [5.74, 6) is -0.187. The summed E-state index contributed by atoms with van der Waals surface area (Å²) in [6.07, 6.45) is 0.231. The zero-order valence-electron chi connectivity index (χ0n) is 15.4. The first kappa shape index (κ1) is 21.2. The topological polar surface area (TPSA) is 75.3 Å². The molecule has 3 aromatic rings. The van der Waals surface area contributed by atoms with E-state index >= 15 is 0 Å². The van der Waals surface area contributed by atoms with Crippen molar-refractivity contribution >= 4 is 50.5 Å². The quantitative estimate of drug-likeness (QED) is 0.538. The molecule has 0 saturated heterocycles. The summed E-state index contributed by atoms with van der Waals surface area (Å²) in [5.41, 5.74) is 2.71. The third-order valence-electron chi connectivity index (χ3n) is 4.11. The largest absolute Gasteiger partial charge is 0.326 e. The number of hydrogen-bond acceptors (Lipinski definition) is 3. The van der Waals surface area contributed by atoms with E-state index in [0.717, 1.165) is 11.1 Å². The predicted molar refractivity (Wildman–Crippen MR) is 117 cm³/mol. The van der Waals surface area contributed by atoms with Crippen LogP contribution in [0.2, 0.25) is 10.0 Å². The van der Waals surface area contributed by atoms with Gasteiger partial charge in [0.2, 0.25) is 5.91 Å². The van der Waals surface area contributed by atoms with Crippen LogP contribution in [0.5, 0.6) is 0 Å². The van der Waals surface area contributed by atoms with E-state index in [4.69, 9.17) is 23.2 Å². The van der Waals surface area contributed by atoms with Crippen LogP contribution in [0.15, 0.2) is 71.6 Å². The lowest BCUT2D eigenvalue weighted by molar-refractivity contribution is -0.115. The highest BCUT2D eigenvalue weighted by Crippen LogP contribution is 2.28. The number of hydrogen-bond donors (Lipinski definition) is 2. The van der Waals surface area contributed by atoms with Crippen LogP contribution in [0.3, 0.4) is 0 Å². The molecular formula is C21H18Cl2N2O3S. The minimum atomic E-state index is -3.86. The number of anilines is 2. The second-order valence-corrected chi connectivity index (χ2v) is 8.99. The summed E-state index contributed by atoms with van der Waals surface area (Å²) in [5, 5.41) is 3.35. The Kier molecular flexibility index (Phi) is 6.47. The number of benzene rings is 3. The maximum atomic E-state index is 12.6. The molecule has 0 unspecified atom stereocenters. The van der Waals surface area contributed by atoms with E-state index < -0.39 is 10.0 Å². The Morgan fingerprint density at radius 1 is 0.931 bits per heavy atom. The number of amides is 1. The number of rotatable bonds is 6. The zero-order valence-corrected chi connectivity index (χ0v) is 17.8. The van der Waals surface area contributed by atoms with Gasteiger partial charge >= 0.3 is 0 Å². The monoisotopic (exact) mass is 448 g/mol. The minimum Gasteiger partial charge on any atom is -0.326 e. The lowest BCUT2D eigenvalue weighted by Gasteiger charge is -2.11. The Labute approximate surface area is 179 Å². The number of nitrogens with one attached hydrogen (secondary N) is 2. The van der Waals surface area contributed by atoms with Crippen LogP contribution in [-0.4, -0.2) is 14.3 Å². The van der Waals surface area contributed by atoms with Gasteiger partial charge in [0.25, 0.3) is 10.0 Å². The summed E-state index contributed by atoms with van der Waals surface area (Å²) in [7, 11) is -3.86. The van der Waals surface area contributed by atoms with Crippen LogP contribution in [0, 0.1) is 6.92 Å². The Balaban J connectivity index is 1.68. The van der Waals surface area contributed by atoms with Crippen molar-refractivity contribution in [2.75, 3.05) is 10.0 Å². The van der Waals surface area contributed by atoms with Crippen LogP contribution >= 0.6 is 23.2 Å². The van der Waals surface area contributed by atoms with Crippen molar-refractivity contribution in [3.8, 4) is 0 Å². The molecule has 8 heteroatoms. The van der Waals surface area contributed by atoms with Gasteiger partial charge in [-0.2, -0.15) is 0 Å². The van der Waals surface area contributed by atoms with E-state index in [1.165, 1.54) is 36.4 Å². The van der Waals surface area contributed by atoms with E-state index in [1.807, 2.05) is 31.2 Å². The lowest BCUT2D eigenvalue weighted by atomic mass is 10.1. The molecule has 0 heterocycles. The molecule has 0 aliphatic carbocycles. The number of sulfonamides is 1. The molecule has 0 atom stereocenters. The first-order chi connectivity index (χ1) is 13.7. The SMILES string of the molecule is Cc1ccc(CC(=O)Nc2ccc(S(=O)(=O)Nc3cc(Cl)ccc3Cl)cc2)cc1. The second kappa shape index (κ2) is 8.86. The van der Waals surface area contributed by atoms with Crippen LogP contribution in [0.25, 0.3) is 0 Å². The van der Waals surface area contributed by atoms with Crippen LogP contribution in [0.1, 0.15) is 11.1 Å². The summed E-state index contributed by atoms with van der Waals surface area (Å²) >= 11 is 11.9. The van der Waals surface area contributed by atoms with E-state index in [0.29, 0.717) is 10.7 Å². The zero-order chi connectivity index (χ0) is 21.0. The molecule has 29 heavy (non-hydrogen) atoms. The Bertz CT molecular complexity index is 1130. The summed E-state index contributed by atoms with van der Waals surface area (Å²) < 4.78 is 27.5. The van der Waals surface area contributed by atoms with Crippen molar-refractivity contribution in [3.63, 3.8) is 0 Å². The molecule has 150 valence electrons.